The molecule has 1 aliphatic rings. The number of amides is 3. The van der Waals surface area contributed by atoms with Crippen LogP contribution in [0.4, 0.5) is 4.79 Å². The van der Waals surface area contributed by atoms with Gasteiger partial charge in [0.1, 0.15) is 5.95 Å². The first-order valence-corrected chi connectivity index (χ1v) is 17.4. The third-order valence-electron chi connectivity index (χ3n) is 6.08. The molecular formula is C26H31N2O13PS2. The zero-order valence-electron chi connectivity index (χ0n) is 24.4. The number of rotatable bonds is 14. The van der Waals surface area contributed by atoms with Crippen molar-refractivity contribution in [1.82, 2.24) is 8.61 Å². The molecule has 0 saturated carbocycles. The number of esters is 1. The van der Waals surface area contributed by atoms with Crippen LogP contribution in [0.1, 0.15) is 20.8 Å². The van der Waals surface area contributed by atoms with Crippen molar-refractivity contribution in [2.75, 3.05) is 34.0 Å². The highest BCUT2D eigenvalue weighted by Gasteiger charge is 2.80. The third-order valence-corrected chi connectivity index (χ3v) is 12.4. The second kappa shape index (κ2) is 13.6. The number of benzene rings is 2. The molecule has 0 aromatic heterocycles. The van der Waals surface area contributed by atoms with Crippen molar-refractivity contribution in [3.63, 3.8) is 0 Å². The predicted molar refractivity (Wildman–Crippen MR) is 152 cm³/mol. The molecule has 1 saturated heterocycles. The smallest absolute Gasteiger partial charge is 0.450 e. The van der Waals surface area contributed by atoms with Crippen molar-refractivity contribution in [2.45, 2.75) is 36.1 Å². The average Bonchev–Trinajstić information content (AvgIpc) is 3.25. The van der Waals surface area contributed by atoms with Crippen LogP contribution < -0.4 is 5.11 Å². The molecule has 1 heterocycles. The molecule has 0 spiro atoms. The highest BCUT2D eigenvalue weighted by molar-refractivity contribution is 7.91. The van der Waals surface area contributed by atoms with E-state index in [1.54, 1.807) is 0 Å². The summed E-state index contributed by atoms with van der Waals surface area (Å²) in [4.78, 5) is 41.6. The number of carbonyl (C=O) groups excluding carboxylic acids is 3. The fourth-order valence-electron chi connectivity index (χ4n) is 4.42. The Morgan fingerprint density at radius 1 is 0.773 bits per heavy atom. The SMILES string of the molecule is CCO[P+](OCC)(OCC)/C(=C(\[O-])OC)C1(C(=O)OC)C(=O)N(S(=O)(=O)c2ccccc2)C(=O)N1S(=O)(=O)c1ccccc1. The Bertz CT molecular complexity index is 1620. The van der Waals surface area contributed by atoms with Crippen LogP contribution >= 0.6 is 7.94 Å². The summed E-state index contributed by atoms with van der Waals surface area (Å²) >= 11 is 0. The maximum Gasteiger partial charge on any atom is 0.450 e. The molecule has 15 nitrogen and oxygen atoms in total. The minimum atomic E-state index is -5.37. The van der Waals surface area contributed by atoms with Crippen LogP contribution in [-0.2, 0) is 52.7 Å². The summed E-state index contributed by atoms with van der Waals surface area (Å²) in [6, 6.07) is 10.1. The molecule has 1 fully saturated rings. The van der Waals surface area contributed by atoms with Gasteiger partial charge in [0.05, 0.1) is 36.7 Å². The molecule has 0 aliphatic carbocycles. The summed E-state index contributed by atoms with van der Waals surface area (Å²) in [7, 11) is -13.6. The van der Waals surface area contributed by atoms with Crippen LogP contribution in [0.3, 0.4) is 0 Å². The van der Waals surface area contributed by atoms with Gasteiger partial charge < -0.3 is 14.6 Å². The van der Waals surface area contributed by atoms with E-state index in [0.717, 1.165) is 38.5 Å². The van der Waals surface area contributed by atoms with Crippen LogP contribution in [0, 0.1) is 0 Å². The van der Waals surface area contributed by atoms with Crippen molar-refractivity contribution < 1.29 is 59.4 Å². The lowest BCUT2D eigenvalue weighted by Crippen LogP contribution is -2.61. The molecule has 1 aliphatic heterocycles. The first-order chi connectivity index (χ1) is 20.8. The first-order valence-electron chi connectivity index (χ1n) is 13.0. The number of hydrogen-bond donors (Lipinski definition) is 0. The summed E-state index contributed by atoms with van der Waals surface area (Å²) in [6.07, 6.45) is 0. The van der Waals surface area contributed by atoms with E-state index in [9.17, 15) is 36.3 Å². The van der Waals surface area contributed by atoms with Gasteiger partial charge >= 0.3 is 25.5 Å². The van der Waals surface area contributed by atoms with Gasteiger partial charge in [-0.25, -0.2) is 26.4 Å². The molecule has 18 heteroatoms. The van der Waals surface area contributed by atoms with E-state index in [0.29, 0.717) is 0 Å². The average molecular weight is 675 g/mol. The highest BCUT2D eigenvalue weighted by atomic mass is 32.2. The summed E-state index contributed by atoms with van der Waals surface area (Å²) in [5, 5.41) is 12.5. The summed E-state index contributed by atoms with van der Waals surface area (Å²) in [6.45, 7) is 3.47. The number of nitrogens with zero attached hydrogens (tertiary/aromatic N) is 2. The third kappa shape index (κ3) is 5.55. The topological polar surface area (TPSA) is 195 Å². The van der Waals surface area contributed by atoms with Crippen molar-refractivity contribution in [3.8, 4) is 0 Å². The monoisotopic (exact) mass is 674 g/mol. The number of ether oxygens (including phenoxy) is 2. The van der Waals surface area contributed by atoms with Gasteiger partial charge in [0.15, 0.2) is 0 Å². The minimum absolute atomic E-state index is 0.287. The van der Waals surface area contributed by atoms with Crippen LogP contribution in [0.2, 0.25) is 0 Å². The molecule has 3 amide bonds. The Balaban J connectivity index is 2.65. The van der Waals surface area contributed by atoms with Crippen LogP contribution in [0.25, 0.3) is 0 Å². The highest BCUT2D eigenvalue weighted by Crippen LogP contribution is 2.73. The lowest BCUT2D eigenvalue weighted by atomic mass is 9.99. The number of methoxy groups -OCH3 is 2. The maximum atomic E-state index is 14.6. The quantitative estimate of drug-likeness (QED) is 0.0929. The standard InChI is InChI=1S/C26H31N2O13PS2/c1-6-39-42(40-7-2,41-8-3)21(22(29)37-4)26(24(31)38-5)23(30)27(43(33,34)19-15-11-9-12-16-19)25(32)28(26)44(35,36)20-17-13-10-14-18-20/h9-18H,6-8H2,1-5H3/b22-21+. The number of urea groups is 1. The Kier molecular flexibility index (Phi) is 10.8. The Morgan fingerprint density at radius 2 is 1.20 bits per heavy atom. The molecular weight excluding hydrogens is 643 g/mol. The van der Waals surface area contributed by atoms with E-state index in [1.807, 2.05) is 0 Å². The normalized spacial score (nSPS) is 18.3. The molecule has 44 heavy (non-hydrogen) atoms. The van der Waals surface area contributed by atoms with E-state index in [4.69, 9.17) is 23.0 Å². The van der Waals surface area contributed by atoms with Gasteiger partial charge in [0.25, 0.3) is 26.0 Å². The first kappa shape index (κ1) is 34.9. The molecule has 0 bridgehead atoms. The van der Waals surface area contributed by atoms with E-state index < -0.39 is 76.8 Å². The van der Waals surface area contributed by atoms with Crippen molar-refractivity contribution in [1.29, 1.82) is 0 Å². The van der Waals surface area contributed by atoms with Gasteiger partial charge in [-0.3, -0.25) is 4.79 Å². The van der Waals surface area contributed by atoms with E-state index in [1.165, 1.54) is 57.2 Å². The van der Waals surface area contributed by atoms with Gasteiger partial charge in [-0.1, -0.05) is 36.4 Å². The maximum absolute atomic E-state index is 14.6. The molecule has 1 unspecified atom stereocenters. The van der Waals surface area contributed by atoms with Gasteiger partial charge in [-0.05, 0) is 52.1 Å². The lowest BCUT2D eigenvalue weighted by molar-refractivity contribution is -0.355. The van der Waals surface area contributed by atoms with Gasteiger partial charge in [0, 0.05) is 0 Å². The largest absolute Gasteiger partial charge is 0.614 e. The van der Waals surface area contributed by atoms with Crippen LogP contribution in [0.15, 0.2) is 81.7 Å². The molecule has 1 atom stereocenters. The fourth-order valence-corrected chi connectivity index (χ4v) is 10.1. The van der Waals surface area contributed by atoms with Gasteiger partial charge in [-0.2, -0.15) is 17.9 Å². The number of carbonyl (C=O) groups is 3. The lowest BCUT2D eigenvalue weighted by Gasteiger charge is -2.36. The van der Waals surface area contributed by atoms with Gasteiger partial charge in [0.2, 0.25) is 5.31 Å². The number of hydrogen-bond acceptors (Lipinski definition) is 13. The molecule has 2 aromatic rings. The second-order valence-corrected chi connectivity index (χ2v) is 14.3. The molecule has 3 rings (SSSR count). The fraction of sp³-hybridized carbons (Fsp3) is 0.346. The van der Waals surface area contributed by atoms with E-state index >= 15 is 0 Å². The Morgan fingerprint density at radius 3 is 1.59 bits per heavy atom. The Labute approximate surface area is 255 Å². The van der Waals surface area contributed by atoms with Crippen molar-refractivity contribution in [3.05, 3.63) is 71.9 Å². The van der Waals surface area contributed by atoms with E-state index in [2.05, 4.69) is 0 Å². The molecule has 0 radical (unpaired) electrons. The molecule has 0 N–H and O–H groups in total. The molecule has 2 aromatic carbocycles. The number of sulfonamides is 2. The summed E-state index contributed by atoms with van der Waals surface area (Å²) in [5.41, 5.74) is -3.72. The predicted octanol–water partition coefficient (Wildman–Crippen LogP) is 1.99. The summed E-state index contributed by atoms with van der Waals surface area (Å²) < 4.78 is 82.6. The zero-order chi connectivity index (χ0) is 32.9. The molecule has 240 valence electrons. The second-order valence-electron chi connectivity index (χ2n) is 8.55. The van der Waals surface area contributed by atoms with Gasteiger partial charge in [-0.15, -0.1) is 4.31 Å². The minimum Gasteiger partial charge on any atom is -0.614 e. The van der Waals surface area contributed by atoms with E-state index in [-0.39, 0.29) is 24.1 Å². The van der Waals surface area contributed by atoms with Crippen LogP contribution in [-0.4, -0.2) is 82.9 Å². The number of imide groups is 1. The van der Waals surface area contributed by atoms with Crippen molar-refractivity contribution in [2.24, 2.45) is 0 Å². The van der Waals surface area contributed by atoms with Crippen molar-refractivity contribution >= 4 is 45.9 Å². The zero-order valence-corrected chi connectivity index (χ0v) is 26.9. The summed E-state index contributed by atoms with van der Waals surface area (Å²) in [5.74, 6) is -5.42. The van der Waals surface area contributed by atoms with Crippen LogP contribution in [0.5, 0.6) is 0 Å². The Hall–Kier alpha value is -3.60.